The summed E-state index contributed by atoms with van der Waals surface area (Å²) in [7, 11) is 1.65. The molecular weight excluding hydrogens is 200 g/mol. The molecule has 0 atom stereocenters. The average Bonchev–Trinajstić information content (AvgIpc) is 2.39. The van der Waals surface area contributed by atoms with Gasteiger partial charge in [-0.05, 0) is 35.4 Å². The Balaban J connectivity index is 2.32. The van der Waals surface area contributed by atoms with Crippen molar-refractivity contribution in [2.45, 2.75) is 0 Å². The summed E-state index contributed by atoms with van der Waals surface area (Å²) in [5, 5.41) is 8.58. The van der Waals surface area contributed by atoms with Gasteiger partial charge in [0, 0.05) is 12.1 Å². The van der Waals surface area contributed by atoms with Gasteiger partial charge >= 0.3 is 5.69 Å². The molecule has 2 aromatic carbocycles. The van der Waals surface area contributed by atoms with Crippen LogP contribution in [0.1, 0.15) is 0 Å². The van der Waals surface area contributed by atoms with Crippen LogP contribution in [0.15, 0.2) is 48.5 Å². The minimum absolute atomic E-state index is 0.553. The molecule has 0 unspecified atom stereocenters. The standard InChI is InChI=1S/C13H11N2O/c1-16-13-8-4-11(5-9-13)10-2-6-12(15-14)7-3-10/h2-9H,1H3/q+1. The van der Waals surface area contributed by atoms with Gasteiger partial charge in [0.25, 0.3) is 0 Å². The number of rotatable bonds is 2. The fourth-order valence-corrected chi connectivity index (χ4v) is 1.50. The topological polar surface area (TPSA) is 37.4 Å². The Morgan fingerprint density at radius 1 is 0.875 bits per heavy atom. The van der Waals surface area contributed by atoms with Crippen LogP contribution >= 0.6 is 0 Å². The van der Waals surface area contributed by atoms with Crippen molar-refractivity contribution >= 4 is 5.69 Å². The van der Waals surface area contributed by atoms with Gasteiger partial charge in [-0.25, -0.2) is 0 Å². The molecule has 0 fully saturated rings. The highest BCUT2D eigenvalue weighted by Gasteiger charge is 2.04. The summed E-state index contributed by atoms with van der Waals surface area (Å²) in [6.07, 6.45) is 0. The van der Waals surface area contributed by atoms with Crippen molar-refractivity contribution in [3.8, 4) is 16.9 Å². The van der Waals surface area contributed by atoms with Crippen molar-refractivity contribution in [1.29, 1.82) is 5.39 Å². The fourth-order valence-electron chi connectivity index (χ4n) is 1.50. The van der Waals surface area contributed by atoms with Gasteiger partial charge in [0.15, 0.2) is 4.98 Å². The Kier molecular flexibility index (Phi) is 2.84. The third kappa shape index (κ3) is 2.01. The predicted octanol–water partition coefficient (Wildman–Crippen LogP) is 3.85. The number of diazo groups is 1. The summed E-state index contributed by atoms with van der Waals surface area (Å²) in [6, 6.07) is 15.2. The van der Waals surface area contributed by atoms with E-state index in [2.05, 4.69) is 4.98 Å². The SMILES string of the molecule is COc1ccc(-c2ccc([N+]#N)cc2)cc1. The molecule has 0 spiro atoms. The molecule has 0 aromatic heterocycles. The fraction of sp³-hybridized carbons (Fsp3) is 0.0769. The maximum absolute atomic E-state index is 8.58. The van der Waals surface area contributed by atoms with Crippen molar-refractivity contribution < 1.29 is 4.74 Å². The monoisotopic (exact) mass is 211 g/mol. The first-order valence-electron chi connectivity index (χ1n) is 4.93. The highest BCUT2D eigenvalue weighted by Crippen LogP contribution is 2.24. The van der Waals surface area contributed by atoms with Crippen LogP contribution in [0.5, 0.6) is 5.75 Å². The minimum atomic E-state index is 0.553. The summed E-state index contributed by atoms with van der Waals surface area (Å²) < 4.78 is 5.09. The molecule has 0 radical (unpaired) electrons. The lowest BCUT2D eigenvalue weighted by Gasteiger charge is -2.02. The summed E-state index contributed by atoms with van der Waals surface area (Å²) in [6.45, 7) is 0. The average molecular weight is 211 g/mol. The van der Waals surface area contributed by atoms with Gasteiger partial charge in [0.05, 0.1) is 7.11 Å². The van der Waals surface area contributed by atoms with E-state index in [1.165, 1.54) is 0 Å². The van der Waals surface area contributed by atoms with E-state index in [0.29, 0.717) is 5.69 Å². The molecule has 0 heterocycles. The highest BCUT2D eigenvalue weighted by atomic mass is 16.5. The first-order chi connectivity index (χ1) is 7.83. The van der Waals surface area contributed by atoms with Crippen LogP contribution in [-0.4, -0.2) is 7.11 Å². The van der Waals surface area contributed by atoms with E-state index in [1.54, 1.807) is 19.2 Å². The molecule has 0 aliphatic carbocycles. The predicted molar refractivity (Wildman–Crippen MR) is 63.2 cm³/mol. The van der Waals surface area contributed by atoms with Gasteiger partial charge in [-0.1, -0.05) is 12.1 Å². The summed E-state index contributed by atoms with van der Waals surface area (Å²) in [4.78, 5) is 3.11. The molecule has 0 saturated heterocycles. The lowest BCUT2D eigenvalue weighted by molar-refractivity contribution is 0.415. The zero-order chi connectivity index (χ0) is 11.4. The van der Waals surface area contributed by atoms with E-state index in [1.807, 2.05) is 36.4 Å². The van der Waals surface area contributed by atoms with Gasteiger partial charge < -0.3 is 4.74 Å². The summed E-state index contributed by atoms with van der Waals surface area (Å²) in [5.74, 6) is 0.839. The van der Waals surface area contributed by atoms with Gasteiger partial charge in [0.2, 0.25) is 5.39 Å². The molecule has 2 rings (SSSR count). The van der Waals surface area contributed by atoms with Crippen LogP contribution in [0.3, 0.4) is 0 Å². The summed E-state index contributed by atoms with van der Waals surface area (Å²) >= 11 is 0. The lowest BCUT2D eigenvalue weighted by Crippen LogP contribution is -1.82. The molecule has 0 saturated carbocycles. The lowest BCUT2D eigenvalue weighted by atomic mass is 10.1. The number of hydrogen-bond donors (Lipinski definition) is 0. The smallest absolute Gasteiger partial charge is 0.385 e. The van der Waals surface area contributed by atoms with Crippen molar-refractivity contribution in [1.82, 2.24) is 0 Å². The third-order valence-corrected chi connectivity index (χ3v) is 2.41. The molecule has 3 nitrogen and oxygen atoms in total. The Hall–Kier alpha value is -2.34. The van der Waals surface area contributed by atoms with E-state index in [4.69, 9.17) is 10.1 Å². The van der Waals surface area contributed by atoms with Crippen molar-refractivity contribution in [3.63, 3.8) is 0 Å². The van der Waals surface area contributed by atoms with Crippen LogP contribution in [0.25, 0.3) is 16.1 Å². The number of nitrogens with zero attached hydrogens (tertiary/aromatic N) is 2. The second-order valence-corrected chi connectivity index (χ2v) is 3.38. The van der Waals surface area contributed by atoms with E-state index in [-0.39, 0.29) is 0 Å². The van der Waals surface area contributed by atoms with Crippen LogP contribution in [0.2, 0.25) is 0 Å². The molecule has 0 aliphatic heterocycles. The molecule has 2 aromatic rings. The Morgan fingerprint density at radius 2 is 1.38 bits per heavy atom. The molecule has 16 heavy (non-hydrogen) atoms. The summed E-state index contributed by atoms with van der Waals surface area (Å²) in [5.41, 5.74) is 2.73. The van der Waals surface area contributed by atoms with Gasteiger partial charge in [0.1, 0.15) is 5.75 Å². The zero-order valence-electron chi connectivity index (χ0n) is 8.92. The van der Waals surface area contributed by atoms with E-state index in [9.17, 15) is 0 Å². The van der Waals surface area contributed by atoms with Crippen molar-refractivity contribution in [2.24, 2.45) is 0 Å². The molecule has 3 heteroatoms. The third-order valence-electron chi connectivity index (χ3n) is 2.41. The van der Waals surface area contributed by atoms with Crippen LogP contribution in [0.4, 0.5) is 5.69 Å². The number of methoxy groups -OCH3 is 1. The van der Waals surface area contributed by atoms with Crippen molar-refractivity contribution in [2.75, 3.05) is 7.11 Å². The van der Waals surface area contributed by atoms with Gasteiger partial charge in [-0.3, -0.25) is 0 Å². The maximum Gasteiger partial charge on any atom is 0.385 e. The number of ether oxygens (including phenoxy) is 1. The number of benzene rings is 2. The Bertz CT molecular complexity index is 509. The second-order valence-electron chi connectivity index (χ2n) is 3.38. The molecule has 0 amide bonds. The Morgan fingerprint density at radius 3 is 1.81 bits per heavy atom. The largest absolute Gasteiger partial charge is 0.497 e. The first kappa shape index (κ1) is 10.2. The quantitative estimate of drug-likeness (QED) is 0.707. The van der Waals surface area contributed by atoms with Gasteiger partial charge in [-0.15, -0.1) is 0 Å². The van der Waals surface area contributed by atoms with Crippen molar-refractivity contribution in [3.05, 3.63) is 53.5 Å². The van der Waals surface area contributed by atoms with E-state index in [0.717, 1.165) is 16.9 Å². The highest BCUT2D eigenvalue weighted by molar-refractivity contribution is 5.66. The first-order valence-corrected chi connectivity index (χ1v) is 4.93. The molecular formula is C13H11N2O+. The minimum Gasteiger partial charge on any atom is -0.497 e. The van der Waals surface area contributed by atoms with Crippen LogP contribution < -0.4 is 4.74 Å². The maximum atomic E-state index is 8.58. The molecule has 78 valence electrons. The zero-order valence-corrected chi connectivity index (χ0v) is 8.92. The normalized spacial score (nSPS) is 9.50. The van der Waals surface area contributed by atoms with Gasteiger partial charge in [-0.2, -0.15) is 0 Å². The van der Waals surface area contributed by atoms with E-state index >= 15 is 0 Å². The molecule has 0 N–H and O–H groups in total. The molecule has 0 bridgehead atoms. The Labute approximate surface area is 93.9 Å². The van der Waals surface area contributed by atoms with Crippen LogP contribution in [-0.2, 0) is 0 Å². The van der Waals surface area contributed by atoms with Crippen LogP contribution in [0, 0.1) is 5.39 Å². The second kappa shape index (κ2) is 4.45. The van der Waals surface area contributed by atoms with E-state index < -0.39 is 0 Å². The molecule has 0 aliphatic rings. The number of hydrogen-bond acceptors (Lipinski definition) is 2.